The van der Waals surface area contributed by atoms with E-state index in [4.69, 9.17) is 10.8 Å². The van der Waals surface area contributed by atoms with Crippen molar-refractivity contribution in [3.05, 3.63) is 28.2 Å². The molecule has 78 valence electrons. The number of nitrogens with two attached hydrogens (primary N) is 1. The van der Waals surface area contributed by atoms with Crippen LogP contribution in [-0.2, 0) is 5.75 Å². The lowest BCUT2D eigenvalue weighted by molar-refractivity contribution is 0.300. The molecular weight excluding hydrogens is 262 g/mol. The first-order valence-electron chi connectivity index (χ1n) is 4.40. The maximum Gasteiger partial charge on any atom is 0.0547 e. The van der Waals surface area contributed by atoms with Crippen LogP contribution < -0.4 is 5.73 Å². The van der Waals surface area contributed by atoms with Gasteiger partial charge < -0.3 is 10.8 Å². The van der Waals surface area contributed by atoms with Gasteiger partial charge in [0.05, 0.1) is 6.61 Å². The highest BCUT2D eigenvalue weighted by molar-refractivity contribution is 9.10. The number of hydrogen-bond acceptors (Lipinski definition) is 3. The zero-order chi connectivity index (χ0) is 10.6. The number of aliphatic hydroxyl groups excluding tert-OH is 1. The highest BCUT2D eigenvalue weighted by Crippen LogP contribution is 2.28. The third-order valence-electron chi connectivity index (χ3n) is 1.92. The fourth-order valence-electron chi connectivity index (χ4n) is 1.01. The van der Waals surface area contributed by atoms with E-state index < -0.39 is 0 Å². The minimum Gasteiger partial charge on any atom is -0.398 e. The van der Waals surface area contributed by atoms with Crippen molar-refractivity contribution >= 4 is 33.4 Å². The second kappa shape index (κ2) is 5.63. The average molecular weight is 276 g/mol. The van der Waals surface area contributed by atoms with Gasteiger partial charge in [0, 0.05) is 21.2 Å². The molecule has 1 atom stereocenters. The Morgan fingerprint density at radius 2 is 2.29 bits per heavy atom. The summed E-state index contributed by atoms with van der Waals surface area (Å²) in [4.78, 5) is 0. The zero-order valence-corrected chi connectivity index (χ0v) is 10.4. The molecule has 14 heavy (non-hydrogen) atoms. The Bertz CT molecular complexity index is 286. The summed E-state index contributed by atoms with van der Waals surface area (Å²) < 4.78 is 1.04. The number of nitrogen functional groups attached to an aromatic ring is 1. The van der Waals surface area contributed by atoms with Crippen LogP contribution in [0.3, 0.4) is 0 Å². The molecule has 0 aliphatic rings. The van der Waals surface area contributed by atoms with Crippen LogP contribution in [0.15, 0.2) is 22.7 Å². The van der Waals surface area contributed by atoms with E-state index in [1.807, 2.05) is 25.1 Å². The summed E-state index contributed by atoms with van der Waals surface area (Å²) in [6.45, 7) is 2.20. The summed E-state index contributed by atoms with van der Waals surface area (Å²) in [7, 11) is 0. The van der Waals surface area contributed by atoms with Gasteiger partial charge >= 0.3 is 0 Å². The standard InChI is InChI=1S/C10H14BrNOS/c1-7(5-13)14-6-8-9(11)3-2-4-10(8)12/h2-4,7,13H,5-6,12H2,1H3. The highest BCUT2D eigenvalue weighted by Gasteiger charge is 2.06. The fourth-order valence-corrected chi connectivity index (χ4v) is 2.59. The average Bonchev–Trinajstić information content (AvgIpc) is 2.16. The van der Waals surface area contributed by atoms with Gasteiger partial charge in [-0.25, -0.2) is 0 Å². The van der Waals surface area contributed by atoms with Crippen molar-refractivity contribution in [2.45, 2.75) is 17.9 Å². The predicted octanol–water partition coefficient (Wildman–Crippen LogP) is 2.65. The van der Waals surface area contributed by atoms with Crippen LogP contribution in [0.5, 0.6) is 0 Å². The lowest BCUT2D eigenvalue weighted by Crippen LogP contribution is -2.03. The van der Waals surface area contributed by atoms with Crippen LogP contribution in [0, 0.1) is 0 Å². The Hall–Kier alpha value is -0.190. The van der Waals surface area contributed by atoms with E-state index in [1.54, 1.807) is 11.8 Å². The summed E-state index contributed by atoms with van der Waals surface area (Å²) in [5, 5.41) is 9.14. The van der Waals surface area contributed by atoms with Crippen LogP contribution in [0.2, 0.25) is 0 Å². The Labute approximate surface area is 97.0 Å². The quantitative estimate of drug-likeness (QED) is 0.831. The first-order valence-corrected chi connectivity index (χ1v) is 6.24. The fraction of sp³-hybridized carbons (Fsp3) is 0.400. The molecule has 0 aromatic heterocycles. The van der Waals surface area contributed by atoms with Crippen molar-refractivity contribution in [1.82, 2.24) is 0 Å². The van der Waals surface area contributed by atoms with E-state index in [1.165, 1.54) is 0 Å². The number of halogens is 1. The van der Waals surface area contributed by atoms with E-state index in [9.17, 15) is 0 Å². The molecule has 4 heteroatoms. The van der Waals surface area contributed by atoms with Crippen LogP contribution >= 0.6 is 27.7 Å². The summed E-state index contributed by atoms with van der Waals surface area (Å²) in [6, 6.07) is 5.79. The van der Waals surface area contributed by atoms with Crippen LogP contribution in [0.25, 0.3) is 0 Å². The smallest absolute Gasteiger partial charge is 0.0547 e. The molecule has 0 aliphatic heterocycles. The lowest BCUT2D eigenvalue weighted by atomic mass is 10.2. The Kier molecular flexibility index (Phi) is 4.78. The molecule has 0 bridgehead atoms. The molecule has 2 nitrogen and oxygen atoms in total. The number of thioether (sulfide) groups is 1. The summed E-state index contributed by atoms with van der Waals surface area (Å²) in [5.41, 5.74) is 7.76. The van der Waals surface area contributed by atoms with Gasteiger partial charge in [0.2, 0.25) is 0 Å². The van der Waals surface area contributed by atoms with Gasteiger partial charge in [-0.1, -0.05) is 28.9 Å². The molecule has 1 rings (SSSR count). The second-order valence-corrected chi connectivity index (χ2v) is 5.39. The van der Waals surface area contributed by atoms with Gasteiger partial charge in [-0.05, 0) is 17.7 Å². The van der Waals surface area contributed by atoms with Crippen LogP contribution in [0.4, 0.5) is 5.69 Å². The van der Waals surface area contributed by atoms with Gasteiger partial charge in [-0.2, -0.15) is 11.8 Å². The Morgan fingerprint density at radius 1 is 1.57 bits per heavy atom. The molecule has 0 saturated heterocycles. The second-order valence-electron chi connectivity index (χ2n) is 3.11. The molecule has 1 unspecified atom stereocenters. The number of hydrogen-bond donors (Lipinski definition) is 2. The number of aliphatic hydroxyl groups is 1. The Morgan fingerprint density at radius 3 is 2.86 bits per heavy atom. The first kappa shape index (κ1) is 11.9. The third-order valence-corrected chi connectivity index (χ3v) is 3.84. The predicted molar refractivity (Wildman–Crippen MR) is 66.4 cm³/mol. The molecule has 0 heterocycles. The normalized spacial score (nSPS) is 12.8. The van der Waals surface area contributed by atoms with Gasteiger partial charge in [-0.15, -0.1) is 0 Å². The van der Waals surface area contributed by atoms with E-state index in [2.05, 4.69) is 15.9 Å². The van der Waals surface area contributed by atoms with Crippen molar-refractivity contribution in [2.24, 2.45) is 0 Å². The van der Waals surface area contributed by atoms with Crippen molar-refractivity contribution in [1.29, 1.82) is 0 Å². The molecule has 3 N–H and O–H groups in total. The van der Waals surface area contributed by atoms with Crippen LogP contribution in [-0.4, -0.2) is 17.0 Å². The van der Waals surface area contributed by atoms with E-state index in [0.717, 1.165) is 21.5 Å². The highest BCUT2D eigenvalue weighted by atomic mass is 79.9. The summed E-state index contributed by atoms with van der Waals surface area (Å²) in [6.07, 6.45) is 0. The molecule has 0 amide bonds. The molecule has 0 saturated carbocycles. The van der Waals surface area contributed by atoms with Gasteiger partial charge in [-0.3, -0.25) is 0 Å². The zero-order valence-electron chi connectivity index (χ0n) is 8.03. The molecule has 1 aromatic rings. The van der Waals surface area contributed by atoms with Crippen molar-refractivity contribution in [3.8, 4) is 0 Å². The minimum absolute atomic E-state index is 0.203. The van der Waals surface area contributed by atoms with Gasteiger partial charge in [0.15, 0.2) is 0 Å². The van der Waals surface area contributed by atoms with Gasteiger partial charge in [0.25, 0.3) is 0 Å². The molecule has 0 spiro atoms. The van der Waals surface area contributed by atoms with Crippen molar-refractivity contribution in [3.63, 3.8) is 0 Å². The minimum atomic E-state index is 0.203. The molecule has 0 aliphatic carbocycles. The topological polar surface area (TPSA) is 46.2 Å². The monoisotopic (exact) mass is 275 g/mol. The van der Waals surface area contributed by atoms with Gasteiger partial charge in [0.1, 0.15) is 0 Å². The molecule has 1 aromatic carbocycles. The maximum absolute atomic E-state index is 8.89. The molecule has 0 radical (unpaired) electrons. The first-order chi connectivity index (χ1) is 6.65. The van der Waals surface area contributed by atoms with Crippen LogP contribution in [0.1, 0.15) is 12.5 Å². The number of benzene rings is 1. The Balaban J connectivity index is 2.66. The van der Waals surface area contributed by atoms with Crippen molar-refractivity contribution < 1.29 is 5.11 Å². The van der Waals surface area contributed by atoms with E-state index >= 15 is 0 Å². The molecular formula is C10H14BrNOS. The summed E-state index contributed by atoms with van der Waals surface area (Å²) >= 11 is 5.16. The third kappa shape index (κ3) is 3.19. The number of anilines is 1. The van der Waals surface area contributed by atoms with E-state index in [-0.39, 0.29) is 11.9 Å². The SMILES string of the molecule is CC(CO)SCc1c(N)cccc1Br. The number of rotatable bonds is 4. The van der Waals surface area contributed by atoms with Crippen molar-refractivity contribution in [2.75, 3.05) is 12.3 Å². The lowest BCUT2D eigenvalue weighted by Gasteiger charge is -2.10. The summed E-state index contributed by atoms with van der Waals surface area (Å²) in [5.74, 6) is 0.828. The maximum atomic E-state index is 8.89. The largest absolute Gasteiger partial charge is 0.398 e. The van der Waals surface area contributed by atoms with E-state index in [0.29, 0.717) is 0 Å². The molecule has 0 fully saturated rings.